The van der Waals surface area contributed by atoms with Crippen molar-refractivity contribution in [3.63, 3.8) is 0 Å². The lowest BCUT2D eigenvalue weighted by atomic mass is 9.98. The fourth-order valence-electron chi connectivity index (χ4n) is 6.92. The first kappa shape index (κ1) is 39.6. The van der Waals surface area contributed by atoms with Crippen LogP contribution < -0.4 is 21.3 Å². The zero-order chi connectivity index (χ0) is 39.3. The number of amides is 4. The Balaban J connectivity index is 1.14. The molecule has 4 aromatic carbocycles. The van der Waals surface area contributed by atoms with E-state index in [1.165, 1.54) is 0 Å². The standard InChI is InChI=1S/C43H46N4O9/c48-21-23-54-22-20-44-39(49)25-30-12-2-1-3-17-37(47-43(53)56-26-36-34-15-8-6-13-32(34)33-14-7-9-16-35(33)36)42(52)55-27-38(46-40(30)50)41(51)45-31-19-18-28-10-4-5-11-29(28)24-31/h1-2,4-11,13-16,18-19,24,30,36-38,48H,3,12,17,20-23,25-27H2,(H,44,49)(H,45,51)(H,46,50)(H,47,53)/t30-,37+,38+/m1/s1. The van der Waals surface area contributed by atoms with Crippen molar-refractivity contribution >= 4 is 46.2 Å². The van der Waals surface area contributed by atoms with Crippen LogP contribution in [-0.2, 0) is 33.4 Å². The van der Waals surface area contributed by atoms with Gasteiger partial charge < -0.3 is 40.6 Å². The number of carbonyl (C=O) groups excluding carboxylic acids is 5. The number of cyclic esters (lactones) is 1. The van der Waals surface area contributed by atoms with Gasteiger partial charge in [-0.1, -0.05) is 91.0 Å². The molecule has 13 heteroatoms. The van der Waals surface area contributed by atoms with Crippen LogP contribution in [0, 0.1) is 5.92 Å². The second kappa shape index (κ2) is 19.5. The first-order chi connectivity index (χ1) is 27.3. The average Bonchev–Trinajstić information content (AvgIpc) is 3.53. The van der Waals surface area contributed by atoms with Crippen molar-refractivity contribution < 1.29 is 43.3 Å². The first-order valence-electron chi connectivity index (χ1n) is 18.8. The van der Waals surface area contributed by atoms with E-state index in [0.717, 1.165) is 33.0 Å². The minimum Gasteiger partial charge on any atom is -0.461 e. The maximum Gasteiger partial charge on any atom is 0.407 e. The monoisotopic (exact) mass is 762 g/mol. The number of allylic oxidation sites excluding steroid dienone is 2. The number of rotatable bonds is 12. The molecule has 4 amide bonds. The molecule has 2 aliphatic rings. The summed E-state index contributed by atoms with van der Waals surface area (Å²) in [6, 6.07) is 26.5. The Morgan fingerprint density at radius 2 is 1.57 bits per heavy atom. The van der Waals surface area contributed by atoms with Gasteiger partial charge in [0.1, 0.15) is 25.3 Å². The van der Waals surface area contributed by atoms with Gasteiger partial charge in [0.25, 0.3) is 5.91 Å². The molecule has 0 aromatic heterocycles. The summed E-state index contributed by atoms with van der Waals surface area (Å²) in [6.45, 7) is -0.109. The van der Waals surface area contributed by atoms with Gasteiger partial charge in [-0.2, -0.15) is 0 Å². The highest BCUT2D eigenvalue weighted by atomic mass is 16.6. The zero-order valence-corrected chi connectivity index (χ0v) is 30.9. The maximum absolute atomic E-state index is 13.7. The van der Waals surface area contributed by atoms with Gasteiger partial charge in [0, 0.05) is 24.6 Å². The van der Waals surface area contributed by atoms with Gasteiger partial charge in [-0.3, -0.25) is 14.4 Å². The molecule has 0 bridgehead atoms. The van der Waals surface area contributed by atoms with Crippen LogP contribution in [0.5, 0.6) is 0 Å². The van der Waals surface area contributed by atoms with E-state index < -0.39 is 54.4 Å². The van der Waals surface area contributed by atoms with Crippen molar-refractivity contribution in [2.45, 2.75) is 43.7 Å². The number of nitrogens with one attached hydrogen (secondary N) is 4. The van der Waals surface area contributed by atoms with Gasteiger partial charge in [-0.25, -0.2) is 9.59 Å². The molecular formula is C43H46N4O9. The predicted octanol–water partition coefficient (Wildman–Crippen LogP) is 4.59. The number of aliphatic hydroxyl groups excluding tert-OH is 1. The third-order valence-electron chi connectivity index (χ3n) is 9.78. The molecule has 0 unspecified atom stereocenters. The molecule has 0 saturated heterocycles. The number of alkyl carbamates (subject to hydrolysis) is 1. The van der Waals surface area contributed by atoms with E-state index >= 15 is 0 Å². The summed E-state index contributed by atoms with van der Waals surface area (Å²) < 4.78 is 16.5. The lowest BCUT2D eigenvalue weighted by Crippen LogP contribution is -2.50. The third-order valence-corrected chi connectivity index (χ3v) is 9.78. The molecule has 0 fully saturated rings. The maximum atomic E-state index is 13.7. The number of carbonyl (C=O) groups is 5. The van der Waals surface area contributed by atoms with E-state index in [1.54, 1.807) is 24.3 Å². The molecule has 6 rings (SSSR count). The fourth-order valence-corrected chi connectivity index (χ4v) is 6.92. The van der Waals surface area contributed by atoms with Crippen LogP contribution in [0.15, 0.2) is 103 Å². The van der Waals surface area contributed by atoms with Gasteiger partial charge in [-0.15, -0.1) is 0 Å². The average molecular weight is 763 g/mol. The van der Waals surface area contributed by atoms with Gasteiger partial charge in [-0.05, 0) is 64.4 Å². The molecule has 0 spiro atoms. The molecule has 5 N–H and O–H groups in total. The molecule has 1 aliphatic carbocycles. The number of aliphatic hydroxyl groups is 1. The lowest BCUT2D eigenvalue weighted by molar-refractivity contribution is -0.148. The number of ether oxygens (including phenoxy) is 3. The Bertz CT molecular complexity index is 2020. The van der Waals surface area contributed by atoms with Crippen molar-refractivity contribution in [1.82, 2.24) is 16.0 Å². The zero-order valence-electron chi connectivity index (χ0n) is 30.9. The normalized spacial score (nSPS) is 18.6. The first-order valence-corrected chi connectivity index (χ1v) is 18.8. The Morgan fingerprint density at radius 3 is 2.32 bits per heavy atom. The van der Waals surface area contributed by atoms with Crippen LogP contribution in [0.25, 0.3) is 21.9 Å². The minimum atomic E-state index is -1.34. The van der Waals surface area contributed by atoms with E-state index in [-0.39, 0.29) is 58.2 Å². The van der Waals surface area contributed by atoms with Crippen molar-refractivity contribution in [3.05, 3.63) is 114 Å². The molecular weight excluding hydrogens is 716 g/mol. The Morgan fingerprint density at radius 1 is 0.857 bits per heavy atom. The van der Waals surface area contributed by atoms with Crippen molar-refractivity contribution in [1.29, 1.82) is 0 Å². The van der Waals surface area contributed by atoms with Crippen LogP contribution in [-0.4, -0.2) is 86.6 Å². The van der Waals surface area contributed by atoms with Crippen LogP contribution in [0.4, 0.5) is 10.5 Å². The fraction of sp³-hybridized carbons (Fsp3) is 0.326. The third kappa shape index (κ3) is 10.4. The van der Waals surface area contributed by atoms with Crippen LogP contribution in [0.3, 0.4) is 0 Å². The van der Waals surface area contributed by atoms with E-state index in [0.29, 0.717) is 12.1 Å². The second-order valence-electron chi connectivity index (χ2n) is 13.6. The summed E-state index contributed by atoms with van der Waals surface area (Å²) in [7, 11) is 0. The van der Waals surface area contributed by atoms with Gasteiger partial charge in [0.2, 0.25) is 11.8 Å². The lowest BCUT2D eigenvalue weighted by Gasteiger charge is -2.23. The number of hydrogen-bond acceptors (Lipinski definition) is 9. The van der Waals surface area contributed by atoms with E-state index in [9.17, 15) is 24.0 Å². The van der Waals surface area contributed by atoms with Gasteiger partial charge in [0.05, 0.1) is 25.7 Å². The quantitative estimate of drug-likeness (QED) is 0.0784. The highest BCUT2D eigenvalue weighted by molar-refractivity contribution is 6.00. The van der Waals surface area contributed by atoms with Crippen LogP contribution >= 0.6 is 0 Å². The summed E-state index contributed by atoms with van der Waals surface area (Å²) in [5.41, 5.74) is 4.73. The van der Waals surface area contributed by atoms with Crippen molar-refractivity contribution in [3.8, 4) is 11.1 Å². The second-order valence-corrected chi connectivity index (χ2v) is 13.6. The Labute approximate surface area is 324 Å². The number of hydrogen-bond donors (Lipinski definition) is 5. The predicted molar refractivity (Wildman–Crippen MR) is 209 cm³/mol. The minimum absolute atomic E-state index is 0.0508. The van der Waals surface area contributed by atoms with E-state index in [2.05, 4.69) is 21.3 Å². The van der Waals surface area contributed by atoms with Gasteiger partial charge in [0.15, 0.2) is 0 Å². The number of fused-ring (bicyclic) bond motifs is 4. The highest BCUT2D eigenvalue weighted by Gasteiger charge is 2.32. The summed E-state index contributed by atoms with van der Waals surface area (Å²) in [6.07, 6.45) is 3.17. The highest BCUT2D eigenvalue weighted by Crippen LogP contribution is 2.44. The topological polar surface area (TPSA) is 181 Å². The summed E-state index contributed by atoms with van der Waals surface area (Å²) in [4.78, 5) is 66.9. The molecule has 1 heterocycles. The largest absolute Gasteiger partial charge is 0.461 e. The van der Waals surface area contributed by atoms with Crippen molar-refractivity contribution in [2.75, 3.05) is 44.9 Å². The molecule has 4 aromatic rings. The summed E-state index contributed by atoms with van der Waals surface area (Å²) in [5, 5.41) is 21.6. The number of benzene rings is 4. The molecule has 0 radical (unpaired) electrons. The van der Waals surface area contributed by atoms with Gasteiger partial charge >= 0.3 is 12.1 Å². The SMILES string of the molecule is O=C(C[C@H]1CC=CCC[C@H](NC(=O)OCC2c3ccccc3-c3ccccc32)C(=O)OC[C@@H](C(=O)Nc2ccc3ccccc3c2)NC1=O)NCCOCCO. The van der Waals surface area contributed by atoms with Crippen molar-refractivity contribution in [2.24, 2.45) is 5.92 Å². The van der Waals surface area contributed by atoms with Crippen LogP contribution in [0.2, 0.25) is 0 Å². The summed E-state index contributed by atoms with van der Waals surface area (Å²) >= 11 is 0. The molecule has 1 aliphatic heterocycles. The molecule has 13 nitrogen and oxygen atoms in total. The Kier molecular flexibility index (Phi) is 13.8. The van der Waals surface area contributed by atoms with E-state index in [4.69, 9.17) is 19.3 Å². The number of anilines is 1. The molecule has 3 atom stereocenters. The summed E-state index contributed by atoms with van der Waals surface area (Å²) in [5.74, 6) is -3.45. The van der Waals surface area contributed by atoms with Crippen LogP contribution in [0.1, 0.15) is 42.7 Å². The molecule has 0 saturated carbocycles. The smallest absolute Gasteiger partial charge is 0.407 e. The molecule has 292 valence electrons. The van der Waals surface area contributed by atoms with E-state index in [1.807, 2.05) is 78.9 Å². The number of esters is 1. The molecule has 56 heavy (non-hydrogen) atoms. The Hall–Kier alpha value is -6.05.